The molecule has 0 aliphatic carbocycles. The van der Waals surface area contributed by atoms with Crippen LogP contribution in [-0.2, 0) is 12.7 Å². The molecule has 0 aliphatic rings. The minimum Gasteiger partial charge on any atom is -0.326 e. The largest absolute Gasteiger partial charge is 0.449 e. The third kappa shape index (κ3) is 2.70. The molecule has 0 aromatic carbocycles. The first-order chi connectivity index (χ1) is 8.82. The van der Waals surface area contributed by atoms with Crippen LogP contribution >= 0.6 is 0 Å². The van der Waals surface area contributed by atoms with Gasteiger partial charge in [-0.25, -0.2) is 9.97 Å². The summed E-state index contributed by atoms with van der Waals surface area (Å²) in [6.45, 7) is 3.64. The lowest BCUT2D eigenvalue weighted by molar-refractivity contribution is -0.147. The fraction of sp³-hybridized carbons (Fsp3) is 0.500. The molecule has 4 nitrogen and oxygen atoms in total. The molecule has 0 saturated heterocycles. The number of aromatic nitrogens is 3. The summed E-state index contributed by atoms with van der Waals surface area (Å²) in [7, 11) is 0. The fourth-order valence-corrected chi connectivity index (χ4v) is 1.86. The van der Waals surface area contributed by atoms with Gasteiger partial charge in [-0.2, -0.15) is 13.2 Å². The Hall–Kier alpha value is -1.63. The Balaban J connectivity index is 2.62. The Morgan fingerprint density at radius 2 is 2.11 bits per heavy atom. The highest BCUT2D eigenvalue weighted by atomic mass is 19.4. The SMILES string of the molecule is CCC(N)Cn1c(C(F)(F)F)nc2cc(C)cnc21. The van der Waals surface area contributed by atoms with Gasteiger partial charge in [-0.3, -0.25) is 0 Å². The van der Waals surface area contributed by atoms with Crippen molar-refractivity contribution in [2.24, 2.45) is 5.73 Å². The molecule has 0 amide bonds. The molecule has 0 bridgehead atoms. The lowest BCUT2D eigenvalue weighted by atomic mass is 10.2. The minimum absolute atomic E-state index is 0.0535. The number of hydrogen-bond acceptors (Lipinski definition) is 3. The second kappa shape index (κ2) is 4.80. The van der Waals surface area contributed by atoms with Crippen LogP contribution in [0.2, 0.25) is 0 Å². The summed E-state index contributed by atoms with van der Waals surface area (Å²) in [5.41, 5.74) is 6.99. The van der Waals surface area contributed by atoms with Crippen molar-refractivity contribution in [1.29, 1.82) is 0 Å². The van der Waals surface area contributed by atoms with Crippen molar-refractivity contribution < 1.29 is 13.2 Å². The summed E-state index contributed by atoms with van der Waals surface area (Å²) in [6.07, 6.45) is -2.40. The molecule has 2 aromatic rings. The van der Waals surface area contributed by atoms with Crippen LogP contribution < -0.4 is 5.73 Å². The maximum atomic E-state index is 13.0. The van der Waals surface area contributed by atoms with Crippen molar-refractivity contribution >= 4 is 11.2 Å². The Morgan fingerprint density at radius 3 is 2.68 bits per heavy atom. The number of fused-ring (bicyclic) bond motifs is 1. The molecule has 19 heavy (non-hydrogen) atoms. The van der Waals surface area contributed by atoms with E-state index in [-0.39, 0.29) is 23.8 Å². The van der Waals surface area contributed by atoms with Crippen molar-refractivity contribution in [2.45, 2.75) is 39.0 Å². The van der Waals surface area contributed by atoms with Crippen molar-refractivity contribution in [2.75, 3.05) is 0 Å². The minimum atomic E-state index is -4.51. The van der Waals surface area contributed by atoms with Crippen LogP contribution in [0, 0.1) is 6.92 Å². The number of pyridine rings is 1. The topological polar surface area (TPSA) is 56.7 Å². The van der Waals surface area contributed by atoms with E-state index in [0.29, 0.717) is 6.42 Å². The molecule has 1 atom stereocenters. The number of aryl methyl sites for hydroxylation is 1. The Bertz CT molecular complexity index is 588. The van der Waals surface area contributed by atoms with Crippen molar-refractivity contribution in [3.63, 3.8) is 0 Å². The van der Waals surface area contributed by atoms with Crippen LogP contribution in [0.4, 0.5) is 13.2 Å². The molecule has 0 fully saturated rings. The van der Waals surface area contributed by atoms with E-state index in [1.54, 1.807) is 13.0 Å². The zero-order valence-electron chi connectivity index (χ0n) is 10.7. The van der Waals surface area contributed by atoms with E-state index in [2.05, 4.69) is 9.97 Å². The van der Waals surface area contributed by atoms with Gasteiger partial charge in [0, 0.05) is 18.8 Å². The number of hydrogen-bond donors (Lipinski definition) is 1. The molecule has 2 heterocycles. The first-order valence-electron chi connectivity index (χ1n) is 5.98. The molecule has 0 spiro atoms. The third-order valence-corrected chi connectivity index (χ3v) is 2.92. The summed E-state index contributed by atoms with van der Waals surface area (Å²) < 4.78 is 40.0. The summed E-state index contributed by atoms with van der Waals surface area (Å²) in [6, 6.07) is 1.23. The number of nitrogens with zero attached hydrogens (tertiary/aromatic N) is 3. The van der Waals surface area contributed by atoms with Crippen LogP contribution in [0.15, 0.2) is 12.3 Å². The summed E-state index contributed by atoms with van der Waals surface area (Å²) in [5.74, 6) is -0.940. The van der Waals surface area contributed by atoms with Crippen molar-refractivity contribution in [1.82, 2.24) is 14.5 Å². The van der Waals surface area contributed by atoms with Gasteiger partial charge < -0.3 is 10.3 Å². The number of rotatable bonds is 3. The molecule has 2 rings (SSSR count). The molecule has 1 unspecified atom stereocenters. The normalized spacial score (nSPS) is 14.0. The van der Waals surface area contributed by atoms with Crippen LogP contribution in [0.3, 0.4) is 0 Å². The average molecular weight is 272 g/mol. The van der Waals surface area contributed by atoms with Crippen LogP contribution in [0.25, 0.3) is 11.2 Å². The predicted molar refractivity (Wildman–Crippen MR) is 65.5 cm³/mol. The molecular formula is C12H15F3N4. The van der Waals surface area contributed by atoms with E-state index in [1.165, 1.54) is 6.20 Å². The summed E-state index contributed by atoms with van der Waals surface area (Å²) >= 11 is 0. The molecule has 0 radical (unpaired) electrons. The molecule has 0 saturated carbocycles. The first kappa shape index (κ1) is 13.8. The zero-order chi connectivity index (χ0) is 14.2. The zero-order valence-corrected chi connectivity index (χ0v) is 10.7. The van der Waals surface area contributed by atoms with Gasteiger partial charge in [-0.05, 0) is 25.0 Å². The second-order valence-corrected chi connectivity index (χ2v) is 4.57. The standard InChI is InChI=1S/C12H15F3N4/c1-3-8(16)6-19-10-9(4-7(2)5-17-10)18-11(19)12(13,14)15/h4-5,8H,3,6,16H2,1-2H3. The second-order valence-electron chi connectivity index (χ2n) is 4.57. The van der Waals surface area contributed by atoms with Gasteiger partial charge in [0.2, 0.25) is 5.82 Å². The van der Waals surface area contributed by atoms with Crippen LogP contribution in [0.5, 0.6) is 0 Å². The lowest BCUT2D eigenvalue weighted by Gasteiger charge is -2.14. The lowest BCUT2D eigenvalue weighted by Crippen LogP contribution is -2.28. The van der Waals surface area contributed by atoms with Gasteiger partial charge in [-0.15, -0.1) is 0 Å². The monoisotopic (exact) mass is 272 g/mol. The van der Waals surface area contributed by atoms with Gasteiger partial charge >= 0.3 is 6.18 Å². The summed E-state index contributed by atoms with van der Waals surface area (Å²) in [4.78, 5) is 7.70. The molecule has 104 valence electrons. The maximum absolute atomic E-state index is 13.0. The molecule has 0 aliphatic heterocycles. The fourth-order valence-electron chi connectivity index (χ4n) is 1.86. The number of nitrogens with two attached hydrogens (primary N) is 1. The van der Waals surface area contributed by atoms with Crippen molar-refractivity contribution in [3.8, 4) is 0 Å². The quantitative estimate of drug-likeness (QED) is 0.934. The number of halogens is 3. The molecule has 2 aromatic heterocycles. The van der Waals surface area contributed by atoms with E-state index in [9.17, 15) is 13.2 Å². The predicted octanol–water partition coefficient (Wildman–Crippen LogP) is 2.50. The number of alkyl halides is 3. The Morgan fingerprint density at radius 1 is 1.42 bits per heavy atom. The molecular weight excluding hydrogens is 257 g/mol. The van der Waals surface area contributed by atoms with E-state index < -0.39 is 12.0 Å². The summed E-state index contributed by atoms with van der Waals surface area (Å²) in [5, 5.41) is 0. The molecule has 7 heteroatoms. The highest BCUT2D eigenvalue weighted by Gasteiger charge is 2.38. The Labute approximate surface area is 108 Å². The van der Waals surface area contributed by atoms with Gasteiger partial charge in [0.15, 0.2) is 5.65 Å². The van der Waals surface area contributed by atoms with Gasteiger partial charge in [0.1, 0.15) is 5.52 Å². The third-order valence-electron chi connectivity index (χ3n) is 2.92. The van der Waals surface area contributed by atoms with Gasteiger partial charge in [0.25, 0.3) is 0 Å². The first-order valence-corrected chi connectivity index (χ1v) is 5.98. The average Bonchev–Trinajstić information content (AvgIpc) is 2.67. The molecule has 2 N–H and O–H groups in total. The van der Waals surface area contributed by atoms with Crippen LogP contribution in [-0.4, -0.2) is 20.6 Å². The van der Waals surface area contributed by atoms with E-state index in [1.807, 2.05) is 6.92 Å². The van der Waals surface area contributed by atoms with Crippen LogP contribution in [0.1, 0.15) is 24.7 Å². The van der Waals surface area contributed by atoms with Gasteiger partial charge in [-0.1, -0.05) is 6.92 Å². The number of imidazole rings is 1. The van der Waals surface area contributed by atoms with Gasteiger partial charge in [0.05, 0.1) is 0 Å². The highest BCUT2D eigenvalue weighted by molar-refractivity contribution is 5.72. The Kier molecular flexibility index (Phi) is 3.49. The van der Waals surface area contributed by atoms with E-state index in [4.69, 9.17) is 5.73 Å². The smallest absolute Gasteiger partial charge is 0.326 e. The van der Waals surface area contributed by atoms with E-state index >= 15 is 0 Å². The van der Waals surface area contributed by atoms with E-state index in [0.717, 1.165) is 10.1 Å². The highest BCUT2D eigenvalue weighted by Crippen LogP contribution is 2.31. The van der Waals surface area contributed by atoms with Crippen molar-refractivity contribution in [3.05, 3.63) is 23.7 Å². The maximum Gasteiger partial charge on any atom is 0.449 e.